The Balaban J connectivity index is 1.72. The molecule has 7 heteroatoms. The largest absolute Gasteiger partial charge is 0.431 e. The van der Waals surface area contributed by atoms with E-state index in [-0.39, 0.29) is 24.4 Å². The number of allylic oxidation sites excluding steroid dienone is 3. The molecule has 0 saturated heterocycles. The molecule has 0 spiro atoms. The van der Waals surface area contributed by atoms with Gasteiger partial charge in [-0.05, 0) is 55.5 Å². The summed E-state index contributed by atoms with van der Waals surface area (Å²) < 4.78 is 39.1. The predicted octanol–water partition coefficient (Wildman–Crippen LogP) is 5.18. The molecule has 1 aliphatic carbocycles. The van der Waals surface area contributed by atoms with Gasteiger partial charge < -0.3 is 16.4 Å². The van der Waals surface area contributed by atoms with E-state index in [4.69, 9.17) is 5.73 Å². The Morgan fingerprint density at radius 3 is 2.63 bits per heavy atom. The van der Waals surface area contributed by atoms with Crippen LogP contribution >= 0.6 is 0 Å². The molecule has 0 atom stereocenters. The lowest BCUT2D eigenvalue weighted by Crippen LogP contribution is -2.26. The number of alkyl halides is 3. The van der Waals surface area contributed by atoms with Crippen molar-refractivity contribution in [1.82, 2.24) is 5.32 Å². The Labute approximate surface area is 173 Å². The van der Waals surface area contributed by atoms with Crippen LogP contribution in [0.25, 0.3) is 0 Å². The molecule has 0 radical (unpaired) electrons. The van der Waals surface area contributed by atoms with Crippen molar-refractivity contribution in [3.8, 4) is 0 Å². The first-order valence-corrected chi connectivity index (χ1v) is 9.72. The van der Waals surface area contributed by atoms with E-state index in [2.05, 4.69) is 10.6 Å². The highest BCUT2D eigenvalue weighted by Crippen LogP contribution is 2.32. The van der Waals surface area contributed by atoms with Gasteiger partial charge in [0.15, 0.2) is 0 Å². The van der Waals surface area contributed by atoms with Crippen LogP contribution in [0.1, 0.15) is 40.7 Å². The third-order valence-electron chi connectivity index (χ3n) is 5.00. The lowest BCUT2D eigenvalue weighted by Gasteiger charge is -2.22. The number of hydrogen-bond acceptors (Lipinski definition) is 3. The summed E-state index contributed by atoms with van der Waals surface area (Å²) in [6.07, 6.45) is -1.21. The Morgan fingerprint density at radius 2 is 1.90 bits per heavy atom. The van der Waals surface area contributed by atoms with E-state index in [9.17, 15) is 18.0 Å². The Bertz CT molecular complexity index is 993. The molecule has 0 unspecified atom stereocenters. The van der Waals surface area contributed by atoms with Crippen molar-refractivity contribution in [2.24, 2.45) is 5.73 Å². The summed E-state index contributed by atoms with van der Waals surface area (Å²) in [6, 6.07) is 14.5. The molecule has 0 heterocycles. The van der Waals surface area contributed by atoms with E-state index in [1.165, 1.54) is 0 Å². The molecule has 3 rings (SSSR count). The van der Waals surface area contributed by atoms with Crippen LogP contribution in [-0.4, -0.2) is 12.1 Å². The number of anilines is 1. The molecule has 0 saturated carbocycles. The van der Waals surface area contributed by atoms with Gasteiger partial charge in [0.25, 0.3) is 5.91 Å². The zero-order valence-electron chi connectivity index (χ0n) is 16.6. The Morgan fingerprint density at radius 1 is 1.13 bits per heavy atom. The maximum Gasteiger partial charge on any atom is 0.431 e. The number of nitrogens with one attached hydrogen (secondary N) is 2. The second-order valence-electron chi connectivity index (χ2n) is 7.22. The maximum atomic E-state index is 13.0. The summed E-state index contributed by atoms with van der Waals surface area (Å²) in [5, 5.41) is 5.94. The van der Waals surface area contributed by atoms with Crippen LogP contribution in [0.15, 0.2) is 71.6 Å². The molecule has 0 fully saturated rings. The van der Waals surface area contributed by atoms with Crippen molar-refractivity contribution in [1.29, 1.82) is 0 Å². The van der Waals surface area contributed by atoms with Gasteiger partial charge in [0.1, 0.15) is 5.70 Å². The Kier molecular flexibility index (Phi) is 6.50. The standard InChI is InChI=1S/C23H24F3N3O/c1-15-7-2-4-11-19(15)29-22(30)17-9-6-8-16(13-17)14-28-20-12-5-3-10-18(20)21(27)23(24,25)26/h2,4,6-9,11-13,28H,3,5,10,14,27H2,1H3,(H,29,30). The minimum atomic E-state index is -4.55. The molecule has 158 valence electrons. The van der Waals surface area contributed by atoms with Crippen LogP contribution in [0.5, 0.6) is 0 Å². The van der Waals surface area contributed by atoms with E-state index in [1.807, 2.05) is 37.3 Å². The fraction of sp³-hybridized carbons (Fsp3) is 0.261. The molecule has 0 aliphatic heterocycles. The van der Waals surface area contributed by atoms with Gasteiger partial charge in [-0.2, -0.15) is 13.2 Å². The lowest BCUT2D eigenvalue weighted by atomic mass is 9.96. The highest BCUT2D eigenvalue weighted by molar-refractivity contribution is 6.04. The molecule has 4 N–H and O–H groups in total. The number of amides is 1. The first-order valence-electron chi connectivity index (χ1n) is 9.72. The van der Waals surface area contributed by atoms with Crippen LogP contribution in [0.2, 0.25) is 0 Å². The summed E-state index contributed by atoms with van der Waals surface area (Å²) in [4.78, 5) is 12.6. The lowest BCUT2D eigenvalue weighted by molar-refractivity contribution is -0.0936. The highest BCUT2D eigenvalue weighted by Gasteiger charge is 2.35. The molecule has 4 nitrogen and oxygen atoms in total. The molecule has 30 heavy (non-hydrogen) atoms. The molecular formula is C23H24F3N3O. The van der Waals surface area contributed by atoms with Crippen LogP contribution < -0.4 is 16.4 Å². The summed E-state index contributed by atoms with van der Waals surface area (Å²) in [6.45, 7) is 2.19. The normalized spacial score (nSPS) is 15.9. The summed E-state index contributed by atoms with van der Waals surface area (Å²) >= 11 is 0. The van der Waals surface area contributed by atoms with E-state index >= 15 is 0 Å². The fourth-order valence-electron chi connectivity index (χ4n) is 3.34. The third-order valence-corrected chi connectivity index (χ3v) is 5.00. The van der Waals surface area contributed by atoms with Crippen LogP contribution in [0.3, 0.4) is 0 Å². The smallest absolute Gasteiger partial charge is 0.394 e. The first-order chi connectivity index (χ1) is 14.3. The fourth-order valence-corrected chi connectivity index (χ4v) is 3.34. The van der Waals surface area contributed by atoms with Crippen molar-refractivity contribution in [2.75, 3.05) is 5.32 Å². The molecule has 1 aliphatic rings. The zero-order chi connectivity index (χ0) is 21.7. The van der Waals surface area contributed by atoms with Crippen LogP contribution in [0.4, 0.5) is 18.9 Å². The van der Waals surface area contributed by atoms with Crippen molar-refractivity contribution < 1.29 is 18.0 Å². The number of hydrogen-bond donors (Lipinski definition) is 3. The van der Waals surface area contributed by atoms with E-state index in [0.717, 1.165) is 16.8 Å². The molecule has 1 amide bonds. The summed E-state index contributed by atoms with van der Waals surface area (Å²) in [5.74, 6) is -0.245. The third kappa shape index (κ3) is 5.23. The Hall–Kier alpha value is -3.22. The molecule has 0 bridgehead atoms. The van der Waals surface area contributed by atoms with Gasteiger partial charge in [0.05, 0.1) is 0 Å². The second-order valence-corrected chi connectivity index (χ2v) is 7.22. The average Bonchev–Trinajstić information content (AvgIpc) is 2.73. The highest BCUT2D eigenvalue weighted by atomic mass is 19.4. The zero-order valence-corrected chi connectivity index (χ0v) is 16.6. The summed E-state index contributed by atoms with van der Waals surface area (Å²) in [7, 11) is 0. The van der Waals surface area contributed by atoms with E-state index in [0.29, 0.717) is 24.1 Å². The van der Waals surface area contributed by atoms with Gasteiger partial charge in [0, 0.05) is 29.1 Å². The number of carbonyl (C=O) groups is 1. The quantitative estimate of drug-likeness (QED) is 0.630. The molecular weight excluding hydrogens is 391 g/mol. The van der Waals surface area contributed by atoms with Crippen molar-refractivity contribution in [3.63, 3.8) is 0 Å². The van der Waals surface area contributed by atoms with Crippen LogP contribution in [-0.2, 0) is 6.54 Å². The van der Waals surface area contributed by atoms with E-state index in [1.54, 1.807) is 24.3 Å². The van der Waals surface area contributed by atoms with Crippen LogP contribution in [0, 0.1) is 6.92 Å². The van der Waals surface area contributed by atoms with Gasteiger partial charge in [-0.15, -0.1) is 0 Å². The molecule has 2 aromatic carbocycles. The molecule has 2 aromatic rings. The monoisotopic (exact) mass is 415 g/mol. The maximum absolute atomic E-state index is 13.0. The number of benzene rings is 2. The number of aryl methyl sites for hydroxylation is 1. The topological polar surface area (TPSA) is 67.2 Å². The summed E-state index contributed by atoms with van der Waals surface area (Å²) in [5.41, 5.74) is 7.75. The van der Waals surface area contributed by atoms with Gasteiger partial charge >= 0.3 is 6.18 Å². The van der Waals surface area contributed by atoms with Gasteiger partial charge in [-0.3, -0.25) is 4.79 Å². The number of rotatable bonds is 5. The number of nitrogens with two attached hydrogens (primary N) is 1. The van der Waals surface area contributed by atoms with E-state index < -0.39 is 11.9 Å². The predicted molar refractivity (Wildman–Crippen MR) is 112 cm³/mol. The van der Waals surface area contributed by atoms with Gasteiger partial charge in [-0.25, -0.2) is 0 Å². The van der Waals surface area contributed by atoms with Crippen molar-refractivity contribution in [3.05, 3.63) is 88.3 Å². The minimum Gasteiger partial charge on any atom is -0.394 e. The first kappa shape index (κ1) is 21.5. The number of para-hydroxylation sites is 1. The van der Waals surface area contributed by atoms with Gasteiger partial charge in [-0.1, -0.05) is 36.4 Å². The van der Waals surface area contributed by atoms with Crippen molar-refractivity contribution in [2.45, 2.75) is 38.9 Å². The number of halogens is 3. The number of carbonyl (C=O) groups excluding carboxylic acids is 1. The SMILES string of the molecule is Cc1ccccc1NC(=O)c1cccc(CNC2=CCCCC2=C(N)C(F)(F)F)c1. The van der Waals surface area contributed by atoms with Crippen molar-refractivity contribution >= 4 is 11.6 Å². The van der Waals surface area contributed by atoms with Gasteiger partial charge in [0.2, 0.25) is 0 Å². The average molecular weight is 415 g/mol. The minimum absolute atomic E-state index is 0.0993. The second kappa shape index (κ2) is 9.07. The molecule has 0 aromatic heterocycles.